The molecule has 0 aliphatic heterocycles. The lowest BCUT2D eigenvalue weighted by Gasteiger charge is -1.98. The van der Waals surface area contributed by atoms with Crippen molar-refractivity contribution in [2.45, 2.75) is 0 Å². The summed E-state index contributed by atoms with van der Waals surface area (Å²) in [6, 6.07) is 7.89. The van der Waals surface area contributed by atoms with Gasteiger partial charge in [0.15, 0.2) is 5.82 Å². The summed E-state index contributed by atoms with van der Waals surface area (Å²) in [5.74, 6) is 0.582. The fraction of sp³-hybridized carbons (Fsp3) is 0. The molecule has 0 atom stereocenters. The summed E-state index contributed by atoms with van der Waals surface area (Å²) in [6.45, 7) is 0. The molecule has 0 fully saturated rings. The Kier molecular flexibility index (Phi) is 2.19. The highest BCUT2D eigenvalue weighted by Crippen LogP contribution is 2.28. The first-order chi connectivity index (χ1) is 7.75. The third-order valence-corrected chi connectivity index (χ3v) is 3.50. The van der Waals surface area contributed by atoms with E-state index >= 15 is 0 Å². The highest BCUT2D eigenvalue weighted by molar-refractivity contribution is 9.10. The zero-order valence-electron chi connectivity index (χ0n) is 8.09. The summed E-state index contributed by atoms with van der Waals surface area (Å²) in [5.41, 5.74) is 9.50. The molecule has 4 nitrogen and oxygen atoms in total. The van der Waals surface area contributed by atoms with Gasteiger partial charge >= 0.3 is 0 Å². The first kappa shape index (κ1) is 9.80. The summed E-state index contributed by atoms with van der Waals surface area (Å²) < 4.78 is 2.69. The second kappa shape index (κ2) is 3.57. The van der Waals surface area contributed by atoms with Crippen molar-refractivity contribution >= 4 is 38.0 Å². The number of rotatable bonds is 1. The third-order valence-electron chi connectivity index (χ3n) is 2.30. The number of nitrogens with zero attached hydrogens (tertiary/aromatic N) is 3. The highest BCUT2D eigenvalue weighted by atomic mass is 79.9. The van der Waals surface area contributed by atoms with Crippen molar-refractivity contribution in [3.8, 4) is 11.3 Å². The number of anilines is 1. The van der Waals surface area contributed by atoms with Crippen LogP contribution in [0.3, 0.4) is 0 Å². The summed E-state index contributed by atoms with van der Waals surface area (Å²) in [4.78, 5) is 5.27. The van der Waals surface area contributed by atoms with E-state index in [0.717, 1.165) is 20.7 Å². The van der Waals surface area contributed by atoms with Crippen LogP contribution in [-0.4, -0.2) is 14.6 Å². The Morgan fingerprint density at radius 1 is 1.25 bits per heavy atom. The predicted octanol–water partition coefficient (Wildman–Crippen LogP) is 2.80. The molecule has 2 aromatic heterocycles. The number of imidazole rings is 1. The monoisotopic (exact) mass is 294 g/mol. The van der Waals surface area contributed by atoms with Crippen LogP contribution in [0.2, 0.25) is 0 Å². The minimum Gasteiger partial charge on any atom is -0.382 e. The van der Waals surface area contributed by atoms with E-state index in [1.54, 1.807) is 10.0 Å². The van der Waals surface area contributed by atoms with Crippen LogP contribution in [0.5, 0.6) is 0 Å². The van der Waals surface area contributed by atoms with E-state index in [9.17, 15) is 0 Å². The molecule has 1 aromatic carbocycles. The molecule has 0 bridgehead atoms. The zero-order valence-corrected chi connectivity index (χ0v) is 10.5. The van der Waals surface area contributed by atoms with Gasteiger partial charge in [0.25, 0.3) is 0 Å². The zero-order chi connectivity index (χ0) is 11.1. The van der Waals surface area contributed by atoms with Gasteiger partial charge in [-0.3, -0.25) is 0 Å². The maximum Gasteiger partial charge on any atom is 0.214 e. The smallest absolute Gasteiger partial charge is 0.214 e. The van der Waals surface area contributed by atoms with Gasteiger partial charge in [0, 0.05) is 10.0 Å². The summed E-state index contributed by atoms with van der Waals surface area (Å²) in [7, 11) is 0. The van der Waals surface area contributed by atoms with E-state index < -0.39 is 0 Å². The van der Waals surface area contributed by atoms with Crippen LogP contribution in [0.15, 0.2) is 34.2 Å². The Morgan fingerprint density at radius 2 is 2.00 bits per heavy atom. The van der Waals surface area contributed by atoms with E-state index in [2.05, 4.69) is 26.0 Å². The van der Waals surface area contributed by atoms with Gasteiger partial charge in [-0.15, -0.1) is 0 Å². The number of fused-ring (bicyclic) bond motifs is 1. The van der Waals surface area contributed by atoms with Crippen molar-refractivity contribution in [2.75, 3.05) is 5.73 Å². The molecule has 80 valence electrons. The minimum absolute atomic E-state index is 0.582. The molecule has 2 heterocycles. The average Bonchev–Trinajstić information content (AvgIpc) is 2.84. The Morgan fingerprint density at radius 3 is 2.69 bits per heavy atom. The first-order valence-electron chi connectivity index (χ1n) is 4.59. The average molecular weight is 295 g/mol. The number of hydrogen-bond acceptors (Lipinski definition) is 4. The second-order valence-electron chi connectivity index (χ2n) is 3.29. The van der Waals surface area contributed by atoms with Crippen LogP contribution in [0.1, 0.15) is 0 Å². The molecule has 6 heteroatoms. The molecule has 3 aromatic rings. The molecule has 2 N–H and O–H groups in total. The molecule has 3 rings (SSSR count). The lowest BCUT2D eigenvalue weighted by atomic mass is 10.1. The Bertz CT molecular complexity index is 640. The van der Waals surface area contributed by atoms with Crippen molar-refractivity contribution in [3.63, 3.8) is 0 Å². The summed E-state index contributed by atoms with van der Waals surface area (Å²) >= 11 is 4.87. The van der Waals surface area contributed by atoms with E-state index in [0.29, 0.717) is 5.82 Å². The normalized spacial score (nSPS) is 11.1. The molecule has 0 radical (unpaired) electrons. The molecule has 0 unspecified atom stereocenters. The van der Waals surface area contributed by atoms with Gasteiger partial charge < -0.3 is 5.73 Å². The van der Waals surface area contributed by atoms with E-state index in [1.165, 1.54) is 11.3 Å². The quantitative estimate of drug-likeness (QED) is 0.751. The van der Waals surface area contributed by atoms with Crippen LogP contribution in [0.25, 0.3) is 16.2 Å². The van der Waals surface area contributed by atoms with Crippen LogP contribution in [-0.2, 0) is 0 Å². The van der Waals surface area contributed by atoms with Crippen molar-refractivity contribution in [2.24, 2.45) is 0 Å². The predicted molar refractivity (Wildman–Crippen MR) is 68.4 cm³/mol. The molecule has 0 amide bonds. The van der Waals surface area contributed by atoms with Gasteiger partial charge in [-0.1, -0.05) is 39.4 Å². The van der Waals surface area contributed by atoms with E-state index in [4.69, 9.17) is 5.73 Å². The second-order valence-corrected chi connectivity index (χ2v) is 5.01. The van der Waals surface area contributed by atoms with Gasteiger partial charge in [0.1, 0.15) is 11.2 Å². The number of benzene rings is 1. The van der Waals surface area contributed by atoms with Gasteiger partial charge in [0.05, 0.1) is 0 Å². The molecular formula is C10H7BrN4S. The van der Waals surface area contributed by atoms with Gasteiger partial charge in [-0.2, -0.15) is 9.61 Å². The van der Waals surface area contributed by atoms with Gasteiger partial charge in [0.2, 0.25) is 4.96 Å². The standard InChI is InChI=1S/C10H7BrN4S/c11-7-3-1-6(2-4-7)8-9(12)15-10(14-8)16-5-13-15/h1-5H,12H2. The summed E-state index contributed by atoms with van der Waals surface area (Å²) in [5, 5.41) is 4.12. The largest absolute Gasteiger partial charge is 0.382 e. The summed E-state index contributed by atoms with van der Waals surface area (Å²) in [6.07, 6.45) is 0. The maximum absolute atomic E-state index is 5.99. The van der Waals surface area contributed by atoms with E-state index in [1.807, 2.05) is 24.3 Å². The molecule has 0 saturated carbocycles. The number of nitrogens with two attached hydrogens (primary N) is 1. The lowest BCUT2D eigenvalue weighted by molar-refractivity contribution is 0.985. The van der Waals surface area contributed by atoms with Gasteiger partial charge in [-0.05, 0) is 12.1 Å². The van der Waals surface area contributed by atoms with Crippen molar-refractivity contribution in [1.82, 2.24) is 14.6 Å². The van der Waals surface area contributed by atoms with Crippen LogP contribution >= 0.6 is 27.3 Å². The van der Waals surface area contributed by atoms with Crippen LogP contribution < -0.4 is 5.73 Å². The minimum atomic E-state index is 0.582. The van der Waals surface area contributed by atoms with E-state index in [-0.39, 0.29) is 0 Å². The van der Waals surface area contributed by atoms with Crippen LogP contribution in [0.4, 0.5) is 5.82 Å². The fourth-order valence-electron chi connectivity index (χ4n) is 1.53. The Labute approximate surface area is 104 Å². The number of halogens is 1. The molecule has 0 aliphatic carbocycles. The SMILES string of the molecule is Nc1c(-c2ccc(Br)cc2)nc2scnn12. The van der Waals surface area contributed by atoms with Crippen molar-refractivity contribution < 1.29 is 0 Å². The maximum atomic E-state index is 5.99. The number of hydrogen-bond donors (Lipinski definition) is 1. The van der Waals surface area contributed by atoms with Gasteiger partial charge in [-0.25, -0.2) is 4.98 Å². The topological polar surface area (TPSA) is 56.2 Å². The first-order valence-corrected chi connectivity index (χ1v) is 6.26. The Hall–Kier alpha value is -1.40. The lowest BCUT2D eigenvalue weighted by Crippen LogP contribution is -1.94. The molecule has 0 aliphatic rings. The third kappa shape index (κ3) is 1.42. The molecular weight excluding hydrogens is 288 g/mol. The molecule has 16 heavy (non-hydrogen) atoms. The number of nitrogen functional groups attached to an aromatic ring is 1. The van der Waals surface area contributed by atoms with Crippen molar-refractivity contribution in [3.05, 3.63) is 34.2 Å². The number of aromatic nitrogens is 3. The fourth-order valence-corrected chi connectivity index (χ4v) is 2.42. The highest BCUT2D eigenvalue weighted by Gasteiger charge is 2.12. The van der Waals surface area contributed by atoms with Crippen molar-refractivity contribution in [1.29, 1.82) is 0 Å². The molecule has 0 spiro atoms. The molecule has 0 saturated heterocycles. The Balaban J connectivity index is 2.21. The van der Waals surface area contributed by atoms with Crippen LogP contribution in [0, 0.1) is 0 Å².